The van der Waals surface area contributed by atoms with Gasteiger partial charge in [-0.25, -0.2) is 0 Å². The number of thioether (sulfide) groups is 1. The molecule has 0 radical (unpaired) electrons. The second-order valence-electron chi connectivity index (χ2n) is 9.17. The molecule has 0 aromatic heterocycles. The van der Waals surface area contributed by atoms with Crippen LogP contribution in [0, 0.1) is 6.92 Å². The molecule has 0 heterocycles. The van der Waals surface area contributed by atoms with Crippen LogP contribution in [0.2, 0.25) is 0 Å². The Morgan fingerprint density at radius 1 is 0.879 bits per heavy atom. The highest BCUT2D eigenvalue weighted by atomic mass is 32.2. The Balaban J connectivity index is 2.10. The molecule has 1 aromatic carbocycles. The molecular formula is C28H48N2OS2. The Morgan fingerprint density at radius 2 is 1.42 bits per heavy atom. The molecule has 0 saturated heterocycles. The van der Waals surface area contributed by atoms with Crippen LogP contribution in [0.4, 0.5) is 5.69 Å². The lowest BCUT2D eigenvalue weighted by molar-refractivity contribution is -0.116. The van der Waals surface area contributed by atoms with Crippen LogP contribution in [0.3, 0.4) is 0 Å². The molecule has 188 valence electrons. The van der Waals surface area contributed by atoms with Crippen LogP contribution in [0.1, 0.15) is 114 Å². The van der Waals surface area contributed by atoms with Gasteiger partial charge < -0.3 is 10.6 Å². The minimum atomic E-state index is 0.107. The predicted molar refractivity (Wildman–Crippen MR) is 153 cm³/mol. The van der Waals surface area contributed by atoms with Gasteiger partial charge in [0.05, 0.1) is 0 Å². The molecule has 2 N–H and O–H groups in total. The smallest absolute Gasteiger partial charge is 0.224 e. The zero-order chi connectivity index (χ0) is 24.2. The van der Waals surface area contributed by atoms with Crippen LogP contribution in [-0.2, 0) is 4.79 Å². The number of carbonyl (C=O) groups is 1. The quantitative estimate of drug-likeness (QED) is 0.141. The number of hydrogen-bond acceptors (Lipinski definition) is 3. The van der Waals surface area contributed by atoms with E-state index in [1.807, 2.05) is 25.1 Å². The van der Waals surface area contributed by atoms with Gasteiger partial charge in [-0.2, -0.15) is 11.8 Å². The first kappa shape index (κ1) is 30.0. The molecule has 1 amide bonds. The van der Waals surface area contributed by atoms with Crippen molar-refractivity contribution in [3.63, 3.8) is 0 Å². The van der Waals surface area contributed by atoms with Gasteiger partial charge >= 0.3 is 0 Å². The molecule has 1 rings (SSSR count). The van der Waals surface area contributed by atoms with Gasteiger partial charge in [-0.1, -0.05) is 115 Å². The van der Waals surface area contributed by atoms with Gasteiger partial charge in [-0.3, -0.25) is 4.79 Å². The van der Waals surface area contributed by atoms with Gasteiger partial charge in [-0.05, 0) is 31.2 Å². The van der Waals surface area contributed by atoms with Crippen LogP contribution in [0.15, 0.2) is 18.2 Å². The lowest BCUT2D eigenvalue weighted by Crippen LogP contribution is -2.25. The van der Waals surface area contributed by atoms with Crippen LogP contribution >= 0.6 is 24.0 Å². The van der Waals surface area contributed by atoms with Crippen molar-refractivity contribution in [3.05, 3.63) is 29.3 Å². The maximum atomic E-state index is 12.4. The fraction of sp³-hybridized carbons (Fsp3) is 0.714. The number of carbonyl (C=O) groups excluding carboxylic acids is 1. The monoisotopic (exact) mass is 492 g/mol. The highest BCUT2D eigenvalue weighted by Gasteiger charge is 2.08. The minimum Gasteiger partial charge on any atom is -0.375 e. The number of nitrogens with one attached hydrogen (secondary N) is 2. The van der Waals surface area contributed by atoms with Crippen molar-refractivity contribution in [2.24, 2.45) is 0 Å². The first-order chi connectivity index (χ1) is 16.1. The third-order valence-corrected chi connectivity index (χ3v) is 7.12. The van der Waals surface area contributed by atoms with Gasteiger partial charge in [0.15, 0.2) is 0 Å². The fourth-order valence-electron chi connectivity index (χ4n) is 3.96. The Bertz CT molecular complexity index is 663. The van der Waals surface area contributed by atoms with E-state index in [1.54, 1.807) is 11.8 Å². The summed E-state index contributed by atoms with van der Waals surface area (Å²) in [5, 5.41) is 6.37. The molecule has 0 aliphatic heterocycles. The summed E-state index contributed by atoms with van der Waals surface area (Å²) in [7, 11) is 0. The standard InChI is InChI=1S/C28H48N2OS2/c1-4-5-6-7-8-9-10-11-12-13-14-15-16-17-18-27(31)30-26-23-25(20-19-24(26)2)28(32)29-21-22-33-3/h19-20,23H,4-18,21-22H2,1-3H3,(H,29,32)(H,30,31). The number of hydrogen-bond donors (Lipinski definition) is 2. The van der Waals surface area contributed by atoms with E-state index in [0.717, 1.165) is 46.9 Å². The van der Waals surface area contributed by atoms with Crippen LogP contribution in [0.25, 0.3) is 0 Å². The van der Waals surface area contributed by atoms with Crippen molar-refractivity contribution in [2.45, 2.75) is 110 Å². The molecule has 0 spiro atoms. The second-order valence-corrected chi connectivity index (χ2v) is 10.6. The van der Waals surface area contributed by atoms with Gasteiger partial charge in [0, 0.05) is 30.0 Å². The summed E-state index contributed by atoms with van der Waals surface area (Å²) in [6.45, 7) is 5.16. The molecule has 0 saturated carbocycles. The summed E-state index contributed by atoms with van der Waals surface area (Å²) in [6, 6.07) is 6.04. The number of benzene rings is 1. The average Bonchev–Trinajstić information content (AvgIpc) is 2.80. The van der Waals surface area contributed by atoms with Crippen LogP contribution in [0.5, 0.6) is 0 Å². The van der Waals surface area contributed by atoms with Crippen molar-refractivity contribution in [3.8, 4) is 0 Å². The predicted octanol–water partition coefficient (Wildman–Crippen LogP) is 8.43. The number of anilines is 1. The van der Waals surface area contributed by atoms with Crippen molar-refractivity contribution in [1.29, 1.82) is 0 Å². The Hall–Kier alpha value is -1.07. The zero-order valence-electron chi connectivity index (χ0n) is 21.5. The molecule has 0 fully saturated rings. The molecule has 1 aromatic rings. The van der Waals surface area contributed by atoms with Crippen molar-refractivity contribution >= 4 is 40.6 Å². The Kier molecular flexibility index (Phi) is 18.4. The third-order valence-electron chi connectivity index (χ3n) is 6.12. The Labute approximate surface area is 213 Å². The maximum absolute atomic E-state index is 12.4. The highest BCUT2D eigenvalue weighted by molar-refractivity contribution is 7.98. The van der Waals surface area contributed by atoms with Crippen LogP contribution in [-0.4, -0.2) is 29.4 Å². The summed E-state index contributed by atoms with van der Waals surface area (Å²) in [5.74, 6) is 1.13. The van der Waals surface area contributed by atoms with E-state index in [2.05, 4.69) is 23.8 Å². The second kappa shape index (κ2) is 20.3. The van der Waals surface area contributed by atoms with E-state index in [1.165, 1.54) is 77.0 Å². The fourth-order valence-corrected chi connectivity index (χ4v) is 4.49. The van der Waals surface area contributed by atoms with Crippen molar-refractivity contribution in [1.82, 2.24) is 5.32 Å². The normalized spacial score (nSPS) is 10.9. The number of aryl methyl sites for hydroxylation is 1. The topological polar surface area (TPSA) is 41.1 Å². The van der Waals surface area contributed by atoms with Gasteiger partial charge in [0.2, 0.25) is 5.91 Å². The van der Waals surface area contributed by atoms with Crippen LogP contribution < -0.4 is 10.6 Å². The third kappa shape index (κ3) is 15.5. The lowest BCUT2D eigenvalue weighted by Gasteiger charge is -2.12. The number of amides is 1. The number of thiocarbonyl (C=S) groups is 1. The summed E-state index contributed by atoms with van der Waals surface area (Å²) < 4.78 is 0. The molecular weight excluding hydrogens is 444 g/mol. The first-order valence-electron chi connectivity index (χ1n) is 13.3. The molecule has 0 aliphatic carbocycles. The summed E-state index contributed by atoms with van der Waals surface area (Å²) >= 11 is 7.28. The summed E-state index contributed by atoms with van der Waals surface area (Å²) in [4.78, 5) is 13.2. The molecule has 0 atom stereocenters. The maximum Gasteiger partial charge on any atom is 0.224 e. The van der Waals surface area contributed by atoms with Gasteiger partial charge in [0.1, 0.15) is 4.99 Å². The van der Waals surface area contributed by atoms with Gasteiger partial charge in [0.25, 0.3) is 0 Å². The molecule has 33 heavy (non-hydrogen) atoms. The minimum absolute atomic E-state index is 0.107. The van der Waals surface area contributed by atoms with E-state index >= 15 is 0 Å². The molecule has 0 unspecified atom stereocenters. The molecule has 3 nitrogen and oxygen atoms in total. The van der Waals surface area contributed by atoms with Crippen molar-refractivity contribution in [2.75, 3.05) is 23.9 Å². The summed E-state index contributed by atoms with van der Waals surface area (Å²) in [5.41, 5.74) is 2.90. The molecule has 5 heteroatoms. The lowest BCUT2D eigenvalue weighted by atomic mass is 10.0. The van der Waals surface area contributed by atoms with E-state index in [9.17, 15) is 4.79 Å². The van der Waals surface area contributed by atoms with Gasteiger partial charge in [-0.15, -0.1) is 0 Å². The SMILES string of the molecule is CCCCCCCCCCCCCCCCC(=O)Nc1cc(C(=S)NCCSC)ccc1C. The molecule has 0 aliphatic rings. The van der Waals surface area contributed by atoms with Crippen molar-refractivity contribution < 1.29 is 4.79 Å². The van der Waals surface area contributed by atoms with E-state index in [0.29, 0.717) is 6.42 Å². The van der Waals surface area contributed by atoms with E-state index in [4.69, 9.17) is 12.2 Å². The summed E-state index contributed by atoms with van der Waals surface area (Å²) in [6.07, 6.45) is 21.3. The Morgan fingerprint density at radius 3 is 1.97 bits per heavy atom. The number of unbranched alkanes of at least 4 members (excludes halogenated alkanes) is 13. The zero-order valence-corrected chi connectivity index (χ0v) is 23.1. The van der Waals surface area contributed by atoms with E-state index < -0.39 is 0 Å². The molecule has 0 bridgehead atoms. The van der Waals surface area contributed by atoms with E-state index in [-0.39, 0.29) is 5.91 Å². The largest absolute Gasteiger partial charge is 0.375 e. The first-order valence-corrected chi connectivity index (χ1v) is 15.1. The average molecular weight is 493 g/mol. The number of rotatable bonds is 20. The highest BCUT2D eigenvalue weighted by Crippen LogP contribution is 2.18.